The predicted octanol–water partition coefficient (Wildman–Crippen LogP) is 4.80. The fraction of sp³-hybridized carbons (Fsp3) is 0.0833. The molecule has 0 amide bonds. The lowest BCUT2D eigenvalue weighted by atomic mass is 10.1. The van der Waals surface area contributed by atoms with Crippen LogP contribution in [0.5, 0.6) is 23.0 Å². The Bertz CT molecular complexity index is 1110. The molecule has 152 valence electrons. The van der Waals surface area contributed by atoms with Crippen LogP contribution in [-0.2, 0) is 0 Å². The third-order valence-corrected chi connectivity index (χ3v) is 4.41. The van der Waals surface area contributed by atoms with Gasteiger partial charge in [-0.25, -0.2) is 9.59 Å². The zero-order chi connectivity index (χ0) is 21.8. The molecular weight excluding hydrogens is 384 g/mol. The van der Waals surface area contributed by atoms with Crippen molar-refractivity contribution < 1.29 is 29.3 Å². The van der Waals surface area contributed by atoms with Crippen molar-refractivity contribution in [2.45, 2.75) is 13.8 Å². The van der Waals surface area contributed by atoms with E-state index in [0.29, 0.717) is 0 Å². The average Bonchev–Trinajstić information content (AvgIpc) is 2.72. The Morgan fingerprint density at radius 2 is 1.30 bits per heavy atom. The molecule has 0 aliphatic heterocycles. The normalized spacial score (nSPS) is 10.3. The van der Waals surface area contributed by atoms with E-state index in [9.17, 15) is 19.8 Å². The molecule has 0 bridgehead atoms. The number of rotatable bonds is 5. The zero-order valence-corrected chi connectivity index (χ0v) is 16.5. The van der Waals surface area contributed by atoms with Crippen LogP contribution >= 0.6 is 0 Å². The van der Waals surface area contributed by atoms with E-state index in [1.54, 1.807) is 48.5 Å². The third kappa shape index (κ3) is 4.33. The van der Waals surface area contributed by atoms with Crippen LogP contribution in [0, 0.1) is 13.8 Å². The van der Waals surface area contributed by atoms with Crippen LogP contribution in [0.15, 0.2) is 61.2 Å². The number of hydrogen-bond acceptors (Lipinski definition) is 6. The highest BCUT2D eigenvalue weighted by atomic mass is 16.6. The number of phenolic OH excluding ortho intramolecular Hbond substituents is 2. The van der Waals surface area contributed by atoms with Crippen LogP contribution in [0.3, 0.4) is 0 Å². The molecule has 30 heavy (non-hydrogen) atoms. The van der Waals surface area contributed by atoms with Gasteiger partial charge in [-0.1, -0.05) is 48.0 Å². The number of esters is 2. The molecule has 0 saturated heterocycles. The summed E-state index contributed by atoms with van der Waals surface area (Å²) in [6.07, 6.45) is 1.19. The molecule has 0 saturated carbocycles. The van der Waals surface area contributed by atoms with Crippen LogP contribution in [0.4, 0.5) is 0 Å². The largest absolute Gasteiger partial charge is 0.504 e. The molecule has 3 aromatic carbocycles. The number of carbonyl (C=O) groups is 2. The molecule has 2 N–H and O–H groups in total. The smallest absolute Gasteiger partial charge is 0.343 e. The second kappa shape index (κ2) is 8.53. The number of phenols is 2. The lowest BCUT2D eigenvalue weighted by Gasteiger charge is -2.14. The van der Waals surface area contributed by atoms with E-state index >= 15 is 0 Å². The van der Waals surface area contributed by atoms with Gasteiger partial charge >= 0.3 is 11.9 Å². The molecule has 0 heterocycles. The summed E-state index contributed by atoms with van der Waals surface area (Å²) in [4.78, 5) is 24.7. The quantitative estimate of drug-likeness (QED) is 0.361. The first-order valence-electron chi connectivity index (χ1n) is 9.09. The van der Waals surface area contributed by atoms with E-state index in [0.717, 1.165) is 17.2 Å². The maximum Gasteiger partial charge on any atom is 0.343 e. The summed E-state index contributed by atoms with van der Waals surface area (Å²) in [5, 5.41) is 20.9. The lowest BCUT2D eigenvalue weighted by Crippen LogP contribution is -2.11. The van der Waals surface area contributed by atoms with Gasteiger partial charge in [-0.05, 0) is 38.1 Å². The van der Waals surface area contributed by atoms with Crippen LogP contribution in [0.25, 0.3) is 6.08 Å². The van der Waals surface area contributed by atoms with Crippen molar-refractivity contribution in [1.29, 1.82) is 0 Å². The topological polar surface area (TPSA) is 93.1 Å². The summed E-state index contributed by atoms with van der Waals surface area (Å²) in [6.45, 7) is 7.33. The number of aromatic hydroxyl groups is 2. The second-order valence-corrected chi connectivity index (χ2v) is 6.70. The Morgan fingerprint density at radius 1 is 0.833 bits per heavy atom. The monoisotopic (exact) mass is 404 g/mol. The summed E-state index contributed by atoms with van der Waals surface area (Å²) in [5.74, 6) is -3.00. The predicted molar refractivity (Wildman–Crippen MR) is 112 cm³/mol. The molecule has 6 nitrogen and oxygen atoms in total. The maximum atomic E-state index is 12.4. The van der Waals surface area contributed by atoms with Crippen molar-refractivity contribution >= 4 is 18.0 Å². The molecule has 0 aromatic heterocycles. The van der Waals surface area contributed by atoms with Gasteiger partial charge in [-0.3, -0.25) is 0 Å². The van der Waals surface area contributed by atoms with Crippen molar-refractivity contribution in [3.05, 3.63) is 89.0 Å². The minimum atomic E-state index is -0.725. The molecule has 0 aliphatic rings. The van der Waals surface area contributed by atoms with Gasteiger partial charge in [0.15, 0.2) is 23.0 Å². The van der Waals surface area contributed by atoms with E-state index in [1.807, 2.05) is 13.8 Å². The summed E-state index contributed by atoms with van der Waals surface area (Å²) in [6, 6.07) is 14.3. The summed E-state index contributed by atoms with van der Waals surface area (Å²) in [7, 11) is 0. The van der Waals surface area contributed by atoms with E-state index in [1.165, 1.54) is 6.08 Å². The van der Waals surface area contributed by atoms with Crippen molar-refractivity contribution in [3.8, 4) is 23.0 Å². The molecule has 0 fully saturated rings. The first kappa shape index (κ1) is 20.7. The summed E-state index contributed by atoms with van der Waals surface area (Å²) >= 11 is 0. The number of aryl methyl sites for hydroxylation is 2. The van der Waals surface area contributed by atoms with Crippen molar-refractivity contribution in [1.82, 2.24) is 0 Å². The van der Waals surface area contributed by atoms with Gasteiger partial charge in [0, 0.05) is 6.07 Å². The first-order valence-corrected chi connectivity index (χ1v) is 9.09. The number of benzene rings is 3. The highest BCUT2D eigenvalue weighted by molar-refractivity contribution is 5.93. The highest BCUT2D eigenvalue weighted by Crippen LogP contribution is 2.44. The summed E-state index contributed by atoms with van der Waals surface area (Å²) < 4.78 is 10.5. The Hall–Kier alpha value is -4.06. The Morgan fingerprint density at radius 3 is 1.77 bits per heavy atom. The maximum absolute atomic E-state index is 12.4. The third-order valence-electron chi connectivity index (χ3n) is 4.41. The molecule has 0 atom stereocenters. The SMILES string of the molecule is C=Cc1c(O)c(OC(=O)c2ccc(C)cc2)cc(O)c1OC(=O)c1ccc(C)cc1. The van der Waals surface area contributed by atoms with E-state index < -0.39 is 23.4 Å². The molecule has 0 spiro atoms. The van der Waals surface area contributed by atoms with Crippen LogP contribution < -0.4 is 9.47 Å². The molecule has 0 unspecified atom stereocenters. The average molecular weight is 404 g/mol. The van der Waals surface area contributed by atoms with Crippen LogP contribution in [0.2, 0.25) is 0 Å². The van der Waals surface area contributed by atoms with Crippen LogP contribution in [0.1, 0.15) is 37.4 Å². The molecule has 0 radical (unpaired) electrons. The van der Waals surface area contributed by atoms with Gasteiger partial charge in [0.25, 0.3) is 0 Å². The number of hydrogen-bond donors (Lipinski definition) is 2. The molecule has 3 aromatic rings. The fourth-order valence-corrected chi connectivity index (χ4v) is 2.70. The fourth-order valence-electron chi connectivity index (χ4n) is 2.70. The molecular formula is C24H20O6. The number of ether oxygens (including phenoxy) is 2. The van der Waals surface area contributed by atoms with Gasteiger partial charge in [-0.2, -0.15) is 0 Å². The second-order valence-electron chi connectivity index (χ2n) is 6.70. The first-order chi connectivity index (χ1) is 14.3. The zero-order valence-electron chi connectivity index (χ0n) is 16.5. The lowest BCUT2D eigenvalue weighted by molar-refractivity contribution is 0.0711. The van der Waals surface area contributed by atoms with Gasteiger partial charge in [0.1, 0.15) is 0 Å². The van der Waals surface area contributed by atoms with Gasteiger partial charge in [0.05, 0.1) is 16.7 Å². The molecule has 3 rings (SSSR count). The highest BCUT2D eigenvalue weighted by Gasteiger charge is 2.23. The minimum Gasteiger partial charge on any atom is -0.504 e. The van der Waals surface area contributed by atoms with E-state index in [2.05, 4.69) is 6.58 Å². The minimum absolute atomic E-state index is 0.0813. The Labute approximate surface area is 173 Å². The van der Waals surface area contributed by atoms with Gasteiger partial charge < -0.3 is 19.7 Å². The van der Waals surface area contributed by atoms with E-state index in [-0.39, 0.29) is 28.2 Å². The Balaban J connectivity index is 1.90. The number of carbonyl (C=O) groups excluding carboxylic acids is 2. The van der Waals surface area contributed by atoms with E-state index in [4.69, 9.17) is 9.47 Å². The molecule has 0 aliphatic carbocycles. The summed E-state index contributed by atoms with van der Waals surface area (Å²) in [5.41, 5.74) is 2.40. The Kier molecular flexibility index (Phi) is 5.88. The van der Waals surface area contributed by atoms with Crippen molar-refractivity contribution in [2.75, 3.05) is 0 Å². The van der Waals surface area contributed by atoms with Crippen molar-refractivity contribution in [2.24, 2.45) is 0 Å². The standard InChI is InChI=1S/C24H20O6/c1-4-18-21(26)20(29-23(27)16-9-5-14(2)6-10-16)13-19(25)22(18)30-24(28)17-11-7-15(3)8-12-17/h4-13,25-26H,1H2,2-3H3. The molecule has 6 heteroatoms. The van der Waals surface area contributed by atoms with Crippen LogP contribution in [-0.4, -0.2) is 22.2 Å². The van der Waals surface area contributed by atoms with Gasteiger partial charge in [-0.15, -0.1) is 0 Å². The van der Waals surface area contributed by atoms with Crippen molar-refractivity contribution in [3.63, 3.8) is 0 Å². The van der Waals surface area contributed by atoms with Gasteiger partial charge in [0.2, 0.25) is 0 Å².